The SMILES string of the molecule is O=CNc1ccc(CNc2[nH]ncc2Nc2cccc(Cl)c2)cc1. The number of H-pyrrole nitrogens is 1. The van der Waals surface area contributed by atoms with E-state index in [2.05, 4.69) is 26.1 Å². The monoisotopic (exact) mass is 341 g/mol. The smallest absolute Gasteiger partial charge is 0.211 e. The Kier molecular flexibility index (Phi) is 4.98. The minimum Gasteiger partial charge on any atom is -0.365 e. The molecule has 0 aliphatic rings. The van der Waals surface area contributed by atoms with Gasteiger partial charge in [-0.3, -0.25) is 9.89 Å². The highest BCUT2D eigenvalue weighted by atomic mass is 35.5. The van der Waals surface area contributed by atoms with Crippen LogP contribution in [0, 0.1) is 0 Å². The maximum atomic E-state index is 10.4. The van der Waals surface area contributed by atoms with E-state index in [1.165, 1.54) is 0 Å². The summed E-state index contributed by atoms with van der Waals surface area (Å²) in [5, 5.41) is 16.8. The lowest BCUT2D eigenvalue weighted by Gasteiger charge is -2.10. The Bertz CT molecular complexity index is 816. The van der Waals surface area contributed by atoms with Crippen LogP contribution >= 0.6 is 11.6 Å². The number of anilines is 4. The quantitative estimate of drug-likeness (QED) is 0.490. The van der Waals surface area contributed by atoms with E-state index >= 15 is 0 Å². The van der Waals surface area contributed by atoms with Crippen molar-refractivity contribution in [1.29, 1.82) is 0 Å². The third-order valence-electron chi connectivity index (χ3n) is 3.39. The first-order chi connectivity index (χ1) is 11.7. The molecule has 0 atom stereocenters. The Balaban J connectivity index is 1.64. The zero-order valence-electron chi connectivity index (χ0n) is 12.7. The molecule has 24 heavy (non-hydrogen) atoms. The van der Waals surface area contributed by atoms with Crippen molar-refractivity contribution in [3.8, 4) is 0 Å². The predicted molar refractivity (Wildman–Crippen MR) is 96.8 cm³/mol. The van der Waals surface area contributed by atoms with Crippen LogP contribution in [0.4, 0.5) is 22.9 Å². The highest BCUT2D eigenvalue weighted by Gasteiger charge is 2.05. The fourth-order valence-corrected chi connectivity index (χ4v) is 2.41. The molecule has 0 saturated heterocycles. The number of benzene rings is 2. The standard InChI is InChI=1S/C17H16ClN5O/c18-13-2-1-3-15(8-13)22-16-10-21-23-17(16)19-9-12-4-6-14(7-5-12)20-11-24/h1-8,10-11,22H,9H2,(H,20,24)(H2,19,21,23). The number of aromatic amines is 1. The normalized spacial score (nSPS) is 10.2. The Hall–Kier alpha value is -2.99. The van der Waals surface area contributed by atoms with E-state index in [-0.39, 0.29) is 0 Å². The fraction of sp³-hybridized carbons (Fsp3) is 0.0588. The van der Waals surface area contributed by atoms with Crippen molar-refractivity contribution >= 4 is 40.9 Å². The second kappa shape index (κ2) is 7.52. The predicted octanol–water partition coefficient (Wildman–Crippen LogP) is 3.99. The van der Waals surface area contributed by atoms with Gasteiger partial charge in [0.1, 0.15) is 11.5 Å². The number of rotatable bonds is 7. The number of hydrogen-bond acceptors (Lipinski definition) is 4. The summed E-state index contributed by atoms with van der Waals surface area (Å²) < 4.78 is 0. The molecule has 0 bridgehead atoms. The fourth-order valence-electron chi connectivity index (χ4n) is 2.21. The minimum absolute atomic E-state index is 0.619. The Labute approximate surface area is 144 Å². The maximum absolute atomic E-state index is 10.4. The van der Waals surface area contributed by atoms with E-state index in [9.17, 15) is 4.79 Å². The molecule has 7 heteroatoms. The first kappa shape index (κ1) is 15.9. The van der Waals surface area contributed by atoms with Crippen molar-refractivity contribution < 1.29 is 4.79 Å². The summed E-state index contributed by atoms with van der Waals surface area (Å²) in [5.41, 5.74) is 3.56. The zero-order chi connectivity index (χ0) is 16.8. The third-order valence-corrected chi connectivity index (χ3v) is 3.63. The average Bonchev–Trinajstić information content (AvgIpc) is 3.02. The van der Waals surface area contributed by atoms with Crippen molar-refractivity contribution in [2.75, 3.05) is 16.0 Å². The van der Waals surface area contributed by atoms with Gasteiger partial charge >= 0.3 is 0 Å². The van der Waals surface area contributed by atoms with Crippen molar-refractivity contribution in [1.82, 2.24) is 10.2 Å². The number of hydrogen-bond donors (Lipinski definition) is 4. The largest absolute Gasteiger partial charge is 0.365 e. The second-order valence-corrected chi connectivity index (χ2v) is 5.54. The number of carbonyl (C=O) groups is 1. The molecule has 0 saturated carbocycles. The number of nitrogens with one attached hydrogen (secondary N) is 4. The molecule has 3 rings (SSSR count). The second-order valence-electron chi connectivity index (χ2n) is 5.11. The number of halogens is 1. The van der Waals surface area contributed by atoms with Gasteiger partial charge in [0.2, 0.25) is 6.41 Å². The molecule has 1 aromatic heterocycles. The van der Waals surface area contributed by atoms with Crippen LogP contribution in [0.5, 0.6) is 0 Å². The van der Waals surface area contributed by atoms with E-state index in [0.717, 1.165) is 28.4 Å². The average molecular weight is 342 g/mol. The van der Waals surface area contributed by atoms with Crippen LogP contribution in [0.1, 0.15) is 5.56 Å². The van der Waals surface area contributed by atoms with Gasteiger partial charge < -0.3 is 16.0 Å². The third kappa shape index (κ3) is 4.05. The number of aromatic nitrogens is 2. The van der Waals surface area contributed by atoms with Crippen LogP contribution in [-0.4, -0.2) is 16.6 Å². The number of carbonyl (C=O) groups excluding carboxylic acids is 1. The Morgan fingerprint density at radius 2 is 1.96 bits per heavy atom. The molecule has 0 aliphatic heterocycles. The lowest BCUT2D eigenvalue weighted by atomic mass is 10.2. The van der Waals surface area contributed by atoms with Gasteiger partial charge in [0.15, 0.2) is 0 Å². The van der Waals surface area contributed by atoms with E-state index in [1.807, 2.05) is 48.5 Å². The van der Waals surface area contributed by atoms with Gasteiger partial charge in [-0.05, 0) is 35.9 Å². The van der Waals surface area contributed by atoms with Crippen LogP contribution in [0.15, 0.2) is 54.7 Å². The van der Waals surface area contributed by atoms with Crippen molar-refractivity contribution in [3.63, 3.8) is 0 Å². The van der Waals surface area contributed by atoms with Gasteiger partial charge in [-0.25, -0.2) is 0 Å². The molecule has 2 aromatic carbocycles. The summed E-state index contributed by atoms with van der Waals surface area (Å²) in [7, 11) is 0. The maximum Gasteiger partial charge on any atom is 0.211 e. The summed E-state index contributed by atoms with van der Waals surface area (Å²) in [6, 6.07) is 15.1. The lowest BCUT2D eigenvalue weighted by molar-refractivity contribution is -0.105. The van der Waals surface area contributed by atoms with Gasteiger partial charge in [0, 0.05) is 22.9 Å². The van der Waals surface area contributed by atoms with Gasteiger partial charge in [-0.1, -0.05) is 29.8 Å². The molecule has 0 aliphatic carbocycles. The molecule has 1 heterocycles. The summed E-state index contributed by atoms with van der Waals surface area (Å²) >= 11 is 6.00. The van der Waals surface area contributed by atoms with Gasteiger partial charge in [-0.15, -0.1) is 0 Å². The molecule has 0 spiro atoms. The first-order valence-corrected chi connectivity index (χ1v) is 7.71. The van der Waals surface area contributed by atoms with E-state index in [4.69, 9.17) is 11.6 Å². The molecular formula is C17H16ClN5O. The van der Waals surface area contributed by atoms with Crippen LogP contribution in [0.2, 0.25) is 5.02 Å². The minimum atomic E-state index is 0.619. The summed E-state index contributed by atoms with van der Waals surface area (Å²) in [4.78, 5) is 10.4. The van der Waals surface area contributed by atoms with Crippen molar-refractivity contribution in [3.05, 3.63) is 65.3 Å². The first-order valence-electron chi connectivity index (χ1n) is 7.33. The highest BCUT2D eigenvalue weighted by Crippen LogP contribution is 2.25. The summed E-state index contributed by atoms with van der Waals surface area (Å²) in [5.74, 6) is 0.782. The van der Waals surface area contributed by atoms with Crippen molar-refractivity contribution in [2.24, 2.45) is 0 Å². The molecule has 6 nitrogen and oxygen atoms in total. The number of nitrogens with zero attached hydrogens (tertiary/aromatic N) is 1. The molecule has 4 N–H and O–H groups in total. The van der Waals surface area contributed by atoms with E-state index in [0.29, 0.717) is 18.0 Å². The zero-order valence-corrected chi connectivity index (χ0v) is 13.5. The van der Waals surface area contributed by atoms with Gasteiger partial charge in [0.25, 0.3) is 0 Å². The van der Waals surface area contributed by atoms with Crippen LogP contribution in [0.3, 0.4) is 0 Å². The Morgan fingerprint density at radius 1 is 1.12 bits per heavy atom. The van der Waals surface area contributed by atoms with Gasteiger partial charge in [-0.2, -0.15) is 5.10 Å². The van der Waals surface area contributed by atoms with Gasteiger partial charge in [0.05, 0.1) is 6.20 Å². The lowest BCUT2D eigenvalue weighted by Crippen LogP contribution is -2.02. The highest BCUT2D eigenvalue weighted by molar-refractivity contribution is 6.30. The van der Waals surface area contributed by atoms with E-state index < -0.39 is 0 Å². The Morgan fingerprint density at radius 3 is 2.71 bits per heavy atom. The molecule has 122 valence electrons. The topological polar surface area (TPSA) is 81.8 Å². The summed E-state index contributed by atoms with van der Waals surface area (Å²) in [6.45, 7) is 0.619. The van der Waals surface area contributed by atoms with E-state index in [1.54, 1.807) is 6.20 Å². The molecule has 0 fully saturated rings. The molecule has 0 radical (unpaired) electrons. The molecule has 3 aromatic rings. The van der Waals surface area contributed by atoms with Crippen LogP contribution in [-0.2, 0) is 11.3 Å². The van der Waals surface area contributed by atoms with Crippen LogP contribution < -0.4 is 16.0 Å². The van der Waals surface area contributed by atoms with Crippen molar-refractivity contribution in [2.45, 2.75) is 6.54 Å². The molecule has 1 amide bonds. The van der Waals surface area contributed by atoms with Crippen LogP contribution in [0.25, 0.3) is 0 Å². The molecular weight excluding hydrogens is 326 g/mol. The summed E-state index contributed by atoms with van der Waals surface area (Å²) in [6.07, 6.45) is 2.37. The molecule has 0 unspecified atom stereocenters. The number of amides is 1.